The Kier molecular flexibility index (Phi) is 6.37. The predicted molar refractivity (Wildman–Crippen MR) is 89.7 cm³/mol. The van der Waals surface area contributed by atoms with Crippen LogP contribution < -0.4 is 10.8 Å². The molecule has 1 unspecified atom stereocenters. The molecule has 0 aliphatic heterocycles. The van der Waals surface area contributed by atoms with Crippen molar-refractivity contribution >= 4 is 29.2 Å². The lowest BCUT2D eigenvalue weighted by molar-refractivity contribution is -0.139. The molecule has 5 nitrogen and oxygen atoms in total. The van der Waals surface area contributed by atoms with Crippen molar-refractivity contribution in [2.75, 3.05) is 7.11 Å². The molecule has 1 N–H and O–H groups in total. The molecule has 0 bridgehead atoms. The highest BCUT2D eigenvalue weighted by molar-refractivity contribution is 7.91. The highest BCUT2D eigenvalue weighted by Crippen LogP contribution is 2.51. The van der Waals surface area contributed by atoms with Gasteiger partial charge in [-0.15, -0.1) is 0 Å². The summed E-state index contributed by atoms with van der Waals surface area (Å²) in [5.74, 6) is -0.738. The molecule has 122 valence electrons. The van der Waals surface area contributed by atoms with Gasteiger partial charge >= 0.3 is 12.7 Å². The molecule has 2 rings (SSSR count). The van der Waals surface area contributed by atoms with Crippen molar-refractivity contribution in [1.29, 1.82) is 0 Å². The van der Waals surface area contributed by atoms with E-state index in [1.807, 2.05) is 30.3 Å². The van der Waals surface area contributed by atoms with Crippen molar-refractivity contribution in [2.45, 2.75) is 12.5 Å². The molecule has 0 heterocycles. The number of carbonyl (C=O) groups excluding carboxylic acids is 1. The molecule has 0 aliphatic rings. The zero-order valence-electron chi connectivity index (χ0n) is 12.5. The Hall–Kier alpha value is -1.65. The third-order valence-electron chi connectivity index (χ3n) is 3.10. The van der Waals surface area contributed by atoms with Crippen molar-refractivity contribution < 1.29 is 18.7 Å². The monoisotopic (exact) mass is 353 g/mol. The van der Waals surface area contributed by atoms with Crippen molar-refractivity contribution in [3.63, 3.8) is 0 Å². The van der Waals surface area contributed by atoms with Gasteiger partial charge in [0.05, 0.1) is 12.4 Å². The van der Waals surface area contributed by atoms with Crippen LogP contribution in [0.3, 0.4) is 0 Å². The molecule has 0 amide bonds. The largest absolute Gasteiger partial charge is 0.396 e. The number of rotatable bonds is 7. The second-order valence-electron chi connectivity index (χ2n) is 4.79. The molecule has 2 atom stereocenters. The lowest BCUT2D eigenvalue weighted by Crippen LogP contribution is -2.39. The van der Waals surface area contributed by atoms with Crippen LogP contribution in [0.4, 0.5) is 0 Å². The number of hydrogen-bond acceptors (Lipinski definition) is 5. The fourth-order valence-corrected chi connectivity index (χ4v) is 3.54. The molecule has 0 radical (unpaired) electrons. The number of halogens is 1. The molecule has 2 aromatic carbocycles. The number of nitrogens with one attached hydrogen (secondary N) is 1. The number of hydrogen-bond donors (Lipinski definition) is 1. The van der Waals surface area contributed by atoms with E-state index in [1.54, 1.807) is 30.3 Å². The summed E-state index contributed by atoms with van der Waals surface area (Å²) in [7, 11) is 1.39. The molecule has 0 saturated carbocycles. The number of carbonyl (C=O) groups is 1. The molecule has 0 aromatic heterocycles. The summed E-state index contributed by atoms with van der Waals surface area (Å²) >= 11 is 5.95. The van der Waals surface area contributed by atoms with Crippen LogP contribution in [0, 0.1) is 0 Å². The molecule has 0 spiro atoms. The zero-order valence-corrected chi connectivity index (χ0v) is 14.2. The summed E-state index contributed by atoms with van der Waals surface area (Å²) < 4.78 is 17.5. The van der Waals surface area contributed by atoms with Gasteiger partial charge in [-0.05, 0) is 28.9 Å². The van der Waals surface area contributed by atoms with E-state index < -0.39 is 18.7 Å². The molecule has 0 aliphatic carbocycles. The summed E-state index contributed by atoms with van der Waals surface area (Å²) in [5, 5.41) is 0.269. The topological polar surface area (TPSA) is 64.6 Å². The smallest absolute Gasteiger partial charge is 0.368 e. The van der Waals surface area contributed by atoms with Crippen LogP contribution in [0.25, 0.3) is 0 Å². The van der Waals surface area contributed by atoms with Gasteiger partial charge in [0.1, 0.15) is 6.04 Å². The Labute approximate surface area is 139 Å². The van der Waals surface area contributed by atoms with E-state index in [-0.39, 0.29) is 5.30 Å². The maximum Gasteiger partial charge on any atom is 0.368 e. The molecule has 2 aromatic rings. The minimum Gasteiger partial charge on any atom is -0.396 e. The van der Waals surface area contributed by atoms with Crippen LogP contribution in [0.1, 0.15) is 5.56 Å². The Bertz CT molecular complexity index is 681. The Morgan fingerprint density at radius 1 is 1.13 bits per heavy atom. The van der Waals surface area contributed by atoms with E-state index in [4.69, 9.17) is 20.6 Å². The Morgan fingerprint density at radius 3 is 2.26 bits per heavy atom. The average Bonchev–Trinajstić information content (AvgIpc) is 2.56. The van der Waals surface area contributed by atoms with Gasteiger partial charge in [0, 0.05) is 6.42 Å². The first-order valence-corrected chi connectivity index (χ1v) is 9.47. The maximum atomic E-state index is 12.4. The summed E-state index contributed by atoms with van der Waals surface area (Å²) in [5.41, 5.74) is 3.46. The first-order chi connectivity index (χ1) is 11.0. The van der Waals surface area contributed by atoms with Crippen LogP contribution in [-0.4, -0.2) is 19.1 Å². The third kappa shape index (κ3) is 5.19. The van der Waals surface area contributed by atoms with Gasteiger partial charge in [-0.2, -0.15) is 5.48 Å². The number of benzene rings is 2. The molecule has 0 fully saturated rings. The van der Waals surface area contributed by atoms with E-state index in [1.165, 1.54) is 7.11 Å². The van der Waals surface area contributed by atoms with Gasteiger partial charge in [-0.3, -0.25) is 4.57 Å². The van der Waals surface area contributed by atoms with Gasteiger partial charge in [0.2, 0.25) is 0 Å². The molecular formula is C16H17ClNO4P. The van der Waals surface area contributed by atoms with Crippen molar-refractivity contribution in [3.8, 4) is 0 Å². The van der Waals surface area contributed by atoms with E-state index in [0.717, 1.165) is 5.56 Å². The molecule has 7 heteroatoms. The van der Waals surface area contributed by atoms with E-state index >= 15 is 0 Å². The van der Waals surface area contributed by atoms with Crippen molar-refractivity contribution in [3.05, 3.63) is 66.2 Å². The van der Waals surface area contributed by atoms with Gasteiger partial charge in [0.25, 0.3) is 0 Å². The summed E-state index contributed by atoms with van der Waals surface area (Å²) in [6, 6.07) is 16.7. The Balaban J connectivity index is 2.10. The summed E-state index contributed by atoms with van der Waals surface area (Å²) in [6.45, 7) is -3.76. The van der Waals surface area contributed by atoms with E-state index in [9.17, 15) is 9.36 Å². The first kappa shape index (κ1) is 17.7. The van der Waals surface area contributed by atoms with Gasteiger partial charge in [0.15, 0.2) is 0 Å². The fourth-order valence-electron chi connectivity index (χ4n) is 2.00. The van der Waals surface area contributed by atoms with Crippen LogP contribution in [-0.2, 0) is 25.1 Å². The van der Waals surface area contributed by atoms with Gasteiger partial charge in [-0.25, -0.2) is 4.79 Å². The summed E-state index contributed by atoms with van der Waals surface area (Å²) in [4.78, 5) is 17.1. The third-order valence-corrected chi connectivity index (χ3v) is 5.22. The summed E-state index contributed by atoms with van der Waals surface area (Å²) in [6.07, 6.45) is 0.319. The lowest BCUT2D eigenvalue weighted by Gasteiger charge is -2.18. The molecular weight excluding hydrogens is 337 g/mol. The van der Waals surface area contributed by atoms with E-state index in [2.05, 4.69) is 5.48 Å². The highest BCUT2D eigenvalue weighted by Gasteiger charge is 2.31. The first-order valence-electron chi connectivity index (χ1n) is 6.94. The predicted octanol–water partition coefficient (Wildman–Crippen LogP) is 3.05. The standard InChI is InChI=1S/C16H17ClNO4P/c1-21-18-15(12-13-8-4-2-5-9-13)16(19)22-23(17,20)14-10-6-3-7-11-14/h2-11,15,18H,12H2,1H3/t15-,23?/m0/s1. The Morgan fingerprint density at radius 2 is 1.70 bits per heavy atom. The normalized spacial score (nSPS) is 14.7. The van der Waals surface area contributed by atoms with Crippen LogP contribution in [0.2, 0.25) is 0 Å². The molecule has 23 heavy (non-hydrogen) atoms. The van der Waals surface area contributed by atoms with Crippen LogP contribution in [0.5, 0.6) is 0 Å². The second kappa shape index (κ2) is 8.27. The van der Waals surface area contributed by atoms with Crippen molar-refractivity contribution in [2.24, 2.45) is 0 Å². The average molecular weight is 354 g/mol. The van der Waals surface area contributed by atoms with Gasteiger partial charge in [-0.1, -0.05) is 48.5 Å². The van der Waals surface area contributed by atoms with E-state index in [0.29, 0.717) is 6.42 Å². The quantitative estimate of drug-likeness (QED) is 0.612. The lowest BCUT2D eigenvalue weighted by atomic mass is 10.1. The fraction of sp³-hybridized carbons (Fsp3) is 0.188. The molecule has 0 saturated heterocycles. The highest BCUT2D eigenvalue weighted by atomic mass is 35.7. The SMILES string of the molecule is CON[C@@H](Cc1ccccc1)C(=O)OP(=O)(Cl)c1ccccc1. The number of hydroxylamine groups is 1. The minimum absolute atomic E-state index is 0.269. The van der Waals surface area contributed by atoms with Crippen LogP contribution in [0.15, 0.2) is 60.7 Å². The minimum atomic E-state index is -3.76. The zero-order chi connectivity index (χ0) is 16.7. The van der Waals surface area contributed by atoms with Crippen LogP contribution >= 0.6 is 18.0 Å². The van der Waals surface area contributed by atoms with Crippen molar-refractivity contribution in [1.82, 2.24) is 5.48 Å². The second-order valence-corrected chi connectivity index (χ2v) is 7.78. The maximum absolute atomic E-state index is 12.4. The van der Waals surface area contributed by atoms with Gasteiger partial charge < -0.3 is 9.36 Å².